The highest BCUT2D eigenvalue weighted by atomic mass is 19.1. The molecule has 0 saturated heterocycles. The van der Waals surface area contributed by atoms with Crippen LogP contribution in [0.2, 0.25) is 0 Å². The lowest BCUT2D eigenvalue weighted by atomic mass is 10.4. The summed E-state index contributed by atoms with van der Waals surface area (Å²) in [5.41, 5.74) is 1.02. The predicted molar refractivity (Wildman–Crippen MR) is 37.6 cm³/mol. The highest BCUT2D eigenvalue weighted by Crippen LogP contribution is 1.96. The van der Waals surface area contributed by atoms with E-state index in [1.54, 1.807) is 10.9 Å². The van der Waals surface area contributed by atoms with Crippen LogP contribution in [-0.2, 0) is 13.0 Å². The zero-order chi connectivity index (χ0) is 7.40. The fourth-order valence-electron chi connectivity index (χ4n) is 0.809. The van der Waals surface area contributed by atoms with E-state index in [1.165, 1.54) is 0 Å². The molecule has 3 heteroatoms. The summed E-state index contributed by atoms with van der Waals surface area (Å²) in [6, 6.07) is 0. The zero-order valence-corrected chi connectivity index (χ0v) is 6.05. The highest BCUT2D eigenvalue weighted by Gasteiger charge is 1.93. The van der Waals surface area contributed by atoms with E-state index >= 15 is 0 Å². The summed E-state index contributed by atoms with van der Waals surface area (Å²) in [5.74, 6) is 0. The van der Waals surface area contributed by atoms with Gasteiger partial charge in [0.15, 0.2) is 0 Å². The third kappa shape index (κ3) is 1.56. The van der Waals surface area contributed by atoms with Gasteiger partial charge in [-0.1, -0.05) is 6.92 Å². The minimum Gasteiger partial charge on any atom is -0.335 e. The van der Waals surface area contributed by atoms with E-state index in [4.69, 9.17) is 0 Å². The zero-order valence-electron chi connectivity index (χ0n) is 6.05. The molecule has 0 radical (unpaired) electrons. The van der Waals surface area contributed by atoms with Gasteiger partial charge in [-0.05, 0) is 6.42 Å². The van der Waals surface area contributed by atoms with Crippen LogP contribution in [0.4, 0.5) is 4.39 Å². The minimum absolute atomic E-state index is 0.320. The molecule has 1 aromatic heterocycles. The lowest BCUT2D eigenvalue weighted by molar-refractivity contribution is 0.445. The highest BCUT2D eigenvalue weighted by molar-refractivity contribution is 4.95. The first-order valence-corrected chi connectivity index (χ1v) is 3.43. The topological polar surface area (TPSA) is 17.8 Å². The number of nitrogens with zero attached hydrogens (tertiary/aromatic N) is 2. The predicted octanol–water partition coefficient (Wildman–Crippen LogP) is 1.42. The molecule has 1 rings (SSSR count). The Morgan fingerprint density at radius 1 is 1.70 bits per heavy atom. The number of hydrogen-bond acceptors (Lipinski definition) is 1. The number of aryl methyl sites for hydroxylation is 2. The number of halogens is 1. The Bertz CT molecular complexity index is 195. The summed E-state index contributed by atoms with van der Waals surface area (Å²) in [5, 5.41) is 0. The molecule has 0 aliphatic heterocycles. The second-order valence-electron chi connectivity index (χ2n) is 2.15. The number of rotatable bonds is 3. The Hall–Kier alpha value is -0.860. The second-order valence-corrected chi connectivity index (χ2v) is 2.15. The SMILES string of the molecule is CCc1cn(CCF)cn1. The summed E-state index contributed by atoms with van der Waals surface area (Å²) in [6.45, 7) is 2.13. The van der Waals surface area contributed by atoms with Crippen LogP contribution in [0, 0.1) is 0 Å². The van der Waals surface area contributed by atoms with E-state index in [0.717, 1.165) is 12.1 Å². The summed E-state index contributed by atoms with van der Waals surface area (Å²) in [7, 11) is 0. The third-order valence-corrected chi connectivity index (χ3v) is 1.39. The van der Waals surface area contributed by atoms with Crippen molar-refractivity contribution in [2.75, 3.05) is 6.67 Å². The van der Waals surface area contributed by atoms with Gasteiger partial charge in [0.2, 0.25) is 0 Å². The van der Waals surface area contributed by atoms with Crippen molar-refractivity contribution < 1.29 is 4.39 Å². The Balaban J connectivity index is 2.59. The Morgan fingerprint density at radius 2 is 2.50 bits per heavy atom. The van der Waals surface area contributed by atoms with Gasteiger partial charge in [-0.25, -0.2) is 9.37 Å². The van der Waals surface area contributed by atoms with E-state index in [2.05, 4.69) is 4.98 Å². The first-order valence-electron chi connectivity index (χ1n) is 3.43. The van der Waals surface area contributed by atoms with Crippen molar-refractivity contribution in [1.82, 2.24) is 9.55 Å². The molecule has 0 aliphatic rings. The van der Waals surface area contributed by atoms with E-state index < -0.39 is 0 Å². The number of imidazole rings is 1. The monoisotopic (exact) mass is 142 g/mol. The molecular formula is C7H11FN2. The molecular weight excluding hydrogens is 131 g/mol. The molecule has 0 N–H and O–H groups in total. The fourth-order valence-corrected chi connectivity index (χ4v) is 0.809. The van der Waals surface area contributed by atoms with E-state index in [0.29, 0.717) is 6.54 Å². The van der Waals surface area contributed by atoms with Crippen molar-refractivity contribution in [3.05, 3.63) is 18.2 Å². The van der Waals surface area contributed by atoms with Gasteiger partial charge >= 0.3 is 0 Å². The summed E-state index contributed by atoms with van der Waals surface area (Å²) >= 11 is 0. The van der Waals surface area contributed by atoms with Crippen molar-refractivity contribution in [2.24, 2.45) is 0 Å². The lowest BCUT2D eigenvalue weighted by Gasteiger charge is -1.92. The molecule has 0 bridgehead atoms. The maximum Gasteiger partial charge on any atom is 0.107 e. The standard InChI is InChI=1S/C7H11FN2/c1-2-7-5-10(4-3-8)6-9-7/h5-6H,2-4H2,1H3. The normalized spacial score (nSPS) is 10.2. The van der Waals surface area contributed by atoms with Crippen LogP contribution in [0.5, 0.6) is 0 Å². The van der Waals surface area contributed by atoms with Crippen LogP contribution in [0.1, 0.15) is 12.6 Å². The summed E-state index contributed by atoms with van der Waals surface area (Å²) < 4.78 is 13.5. The molecule has 0 saturated carbocycles. The van der Waals surface area contributed by atoms with Crippen molar-refractivity contribution in [3.63, 3.8) is 0 Å². The molecule has 0 fully saturated rings. The largest absolute Gasteiger partial charge is 0.335 e. The molecule has 1 heterocycles. The number of alkyl halides is 1. The molecule has 0 aliphatic carbocycles. The first kappa shape index (κ1) is 7.25. The minimum atomic E-state index is -0.320. The molecule has 0 amide bonds. The Labute approximate surface area is 59.7 Å². The molecule has 2 nitrogen and oxygen atoms in total. The fraction of sp³-hybridized carbons (Fsp3) is 0.571. The van der Waals surface area contributed by atoms with Crippen LogP contribution in [-0.4, -0.2) is 16.2 Å². The van der Waals surface area contributed by atoms with Gasteiger partial charge in [0.05, 0.1) is 18.6 Å². The van der Waals surface area contributed by atoms with Gasteiger partial charge in [0.25, 0.3) is 0 Å². The van der Waals surface area contributed by atoms with Crippen molar-refractivity contribution >= 4 is 0 Å². The van der Waals surface area contributed by atoms with Crippen molar-refractivity contribution in [1.29, 1.82) is 0 Å². The first-order chi connectivity index (χ1) is 4.86. The Kier molecular flexibility index (Phi) is 2.42. The molecule has 0 spiro atoms. The van der Waals surface area contributed by atoms with Crippen molar-refractivity contribution in [2.45, 2.75) is 19.9 Å². The van der Waals surface area contributed by atoms with Gasteiger partial charge in [-0.2, -0.15) is 0 Å². The second kappa shape index (κ2) is 3.34. The molecule has 1 aromatic rings. The average Bonchev–Trinajstić information content (AvgIpc) is 2.37. The maximum absolute atomic E-state index is 11.7. The molecule has 10 heavy (non-hydrogen) atoms. The van der Waals surface area contributed by atoms with E-state index in [-0.39, 0.29) is 6.67 Å². The van der Waals surface area contributed by atoms with Gasteiger partial charge in [-0.15, -0.1) is 0 Å². The summed E-state index contributed by atoms with van der Waals surface area (Å²) in [6.07, 6.45) is 4.46. The molecule has 0 aromatic carbocycles. The molecule has 0 atom stereocenters. The van der Waals surface area contributed by atoms with Gasteiger partial charge in [0.1, 0.15) is 6.67 Å². The van der Waals surface area contributed by atoms with Crippen LogP contribution in [0.25, 0.3) is 0 Å². The summed E-state index contributed by atoms with van der Waals surface area (Å²) in [4.78, 5) is 4.05. The van der Waals surface area contributed by atoms with E-state index in [1.807, 2.05) is 13.1 Å². The smallest absolute Gasteiger partial charge is 0.107 e. The number of aromatic nitrogens is 2. The van der Waals surface area contributed by atoms with Crippen LogP contribution in [0.15, 0.2) is 12.5 Å². The van der Waals surface area contributed by atoms with Crippen LogP contribution in [0.3, 0.4) is 0 Å². The lowest BCUT2D eigenvalue weighted by Crippen LogP contribution is -1.94. The van der Waals surface area contributed by atoms with Gasteiger partial charge in [-0.3, -0.25) is 0 Å². The number of hydrogen-bond donors (Lipinski definition) is 0. The molecule has 0 unspecified atom stereocenters. The average molecular weight is 142 g/mol. The van der Waals surface area contributed by atoms with Crippen molar-refractivity contribution in [3.8, 4) is 0 Å². The van der Waals surface area contributed by atoms with Crippen LogP contribution >= 0.6 is 0 Å². The van der Waals surface area contributed by atoms with Gasteiger partial charge in [0, 0.05) is 6.20 Å². The van der Waals surface area contributed by atoms with E-state index in [9.17, 15) is 4.39 Å². The van der Waals surface area contributed by atoms with Gasteiger partial charge < -0.3 is 4.57 Å². The Morgan fingerprint density at radius 3 is 3.00 bits per heavy atom. The van der Waals surface area contributed by atoms with Crippen LogP contribution < -0.4 is 0 Å². The maximum atomic E-state index is 11.7. The molecule has 56 valence electrons. The third-order valence-electron chi connectivity index (χ3n) is 1.39. The quantitative estimate of drug-likeness (QED) is 0.624.